The summed E-state index contributed by atoms with van der Waals surface area (Å²) in [5.41, 5.74) is 7.50. The molecule has 0 aliphatic carbocycles. The van der Waals surface area contributed by atoms with Crippen molar-refractivity contribution in [3.05, 3.63) is 60.7 Å². The molecule has 4 aromatic rings. The van der Waals surface area contributed by atoms with E-state index in [1.165, 1.54) is 0 Å². The molecule has 0 saturated carbocycles. The number of fused-ring (bicyclic) bond motifs is 1. The molecule has 9 heteroatoms. The molecule has 1 saturated heterocycles. The molecule has 3 aromatic heterocycles. The summed E-state index contributed by atoms with van der Waals surface area (Å²) in [6.07, 6.45) is 7.75. The van der Waals surface area contributed by atoms with Crippen molar-refractivity contribution in [1.82, 2.24) is 24.1 Å². The maximum Gasteiger partial charge on any atom is 0.248 e. The molecule has 3 N–H and O–H groups in total. The van der Waals surface area contributed by atoms with Gasteiger partial charge in [0.1, 0.15) is 17.7 Å². The second-order valence-electron chi connectivity index (χ2n) is 7.00. The molecule has 1 aliphatic rings. The van der Waals surface area contributed by atoms with Crippen molar-refractivity contribution >= 4 is 29.0 Å². The molecule has 146 valence electrons. The highest BCUT2D eigenvalue weighted by molar-refractivity contribution is 5.93. The zero-order valence-electron chi connectivity index (χ0n) is 15.7. The Balaban J connectivity index is 1.46. The largest absolute Gasteiger partial charge is 0.366 e. The average Bonchev–Trinajstić information content (AvgIpc) is 3.49. The van der Waals surface area contributed by atoms with Crippen LogP contribution in [-0.4, -0.2) is 43.1 Å². The number of hydrogen-bond donors (Lipinski definition) is 2. The molecule has 0 atom stereocenters. The van der Waals surface area contributed by atoms with Gasteiger partial charge in [-0.05, 0) is 43.2 Å². The predicted octanol–water partition coefficient (Wildman–Crippen LogP) is 2.36. The van der Waals surface area contributed by atoms with Gasteiger partial charge in [-0.3, -0.25) is 4.79 Å². The van der Waals surface area contributed by atoms with Crippen LogP contribution in [0.2, 0.25) is 0 Å². The van der Waals surface area contributed by atoms with Gasteiger partial charge in [-0.2, -0.15) is 4.98 Å². The highest BCUT2D eigenvalue weighted by atomic mass is 16.1. The number of rotatable bonds is 5. The number of hydrogen-bond acceptors (Lipinski definition) is 6. The molecule has 0 unspecified atom stereocenters. The van der Waals surface area contributed by atoms with E-state index in [0.29, 0.717) is 23.1 Å². The lowest BCUT2D eigenvalue weighted by atomic mass is 10.2. The highest BCUT2D eigenvalue weighted by Crippen LogP contribution is 2.24. The van der Waals surface area contributed by atoms with Crippen molar-refractivity contribution in [1.29, 1.82) is 0 Å². The quantitative estimate of drug-likeness (QED) is 0.544. The Morgan fingerprint density at radius 1 is 1.14 bits per heavy atom. The van der Waals surface area contributed by atoms with Gasteiger partial charge in [-0.1, -0.05) is 6.07 Å². The smallest absolute Gasteiger partial charge is 0.248 e. The van der Waals surface area contributed by atoms with Crippen LogP contribution in [0.3, 0.4) is 0 Å². The predicted molar refractivity (Wildman–Crippen MR) is 110 cm³/mol. The van der Waals surface area contributed by atoms with Gasteiger partial charge in [0, 0.05) is 30.5 Å². The number of nitrogens with one attached hydrogen (secondary N) is 1. The van der Waals surface area contributed by atoms with Crippen LogP contribution >= 0.6 is 0 Å². The Labute approximate surface area is 166 Å². The van der Waals surface area contributed by atoms with Crippen LogP contribution in [-0.2, 0) is 0 Å². The molecular formula is C20H20N8O. The Morgan fingerprint density at radius 2 is 2.00 bits per heavy atom. The van der Waals surface area contributed by atoms with Gasteiger partial charge < -0.3 is 20.5 Å². The lowest BCUT2D eigenvalue weighted by molar-refractivity contribution is 0.100. The standard InChI is InChI=1S/C20H20N8O/c21-18(29)14-5-3-6-15(11-14)27-12-17(22-13-27)23-19-16-7-4-10-28(16)25-20(24-19)26-8-1-2-9-26/h3-7,10-13H,1-2,8-9H2,(H2,21,29)(H,23,24,25). The Hall–Kier alpha value is -3.88. The molecule has 1 aromatic carbocycles. The zero-order chi connectivity index (χ0) is 19.8. The van der Waals surface area contributed by atoms with E-state index in [2.05, 4.69) is 20.3 Å². The SMILES string of the molecule is NC(=O)c1cccc(-n2cnc(Nc3nc(N4CCCC4)nn4cccc34)c2)c1. The van der Waals surface area contributed by atoms with Gasteiger partial charge in [0.2, 0.25) is 11.9 Å². The van der Waals surface area contributed by atoms with Crippen LogP contribution in [0.4, 0.5) is 17.6 Å². The lowest BCUT2D eigenvalue weighted by Gasteiger charge is -2.16. The molecule has 1 amide bonds. The van der Waals surface area contributed by atoms with E-state index in [4.69, 9.17) is 10.7 Å². The molecule has 29 heavy (non-hydrogen) atoms. The number of primary amides is 1. The normalized spacial score (nSPS) is 13.9. The van der Waals surface area contributed by atoms with E-state index in [9.17, 15) is 4.79 Å². The van der Waals surface area contributed by atoms with Crippen molar-refractivity contribution in [2.45, 2.75) is 12.8 Å². The van der Waals surface area contributed by atoms with Gasteiger partial charge in [-0.25, -0.2) is 9.50 Å². The van der Waals surface area contributed by atoms with E-state index < -0.39 is 5.91 Å². The van der Waals surface area contributed by atoms with Crippen LogP contribution in [0, 0.1) is 0 Å². The van der Waals surface area contributed by atoms with Gasteiger partial charge in [0.25, 0.3) is 0 Å². The molecule has 0 spiro atoms. The Bertz CT molecular complexity index is 1190. The minimum atomic E-state index is -0.462. The third-order valence-electron chi connectivity index (χ3n) is 5.03. The molecule has 1 fully saturated rings. The number of benzene rings is 1. The monoisotopic (exact) mass is 388 g/mol. The van der Waals surface area contributed by atoms with Crippen molar-refractivity contribution in [3.63, 3.8) is 0 Å². The maximum absolute atomic E-state index is 11.4. The van der Waals surface area contributed by atoms with Gasteiger partial charge in [-0.15, -0.1) is 5.10 Å². The minimum absolute atomic E-state index is 0.451. The topological polar surface area (TPSA) is 106 Å². The van der Waals surface area contributed by atoms with Gasteiger partial charge in [0.15, 0.2) is 5.82 Å². The van der Waals surface area contributed by atoms with E-state index in [1.54, 1.807) is 24.5 Å². The molecule has 0 radical (unpaired) electrons. The van der Waals surface area contributed by atoms with Crippen LogP contribution in [0.1, 0.15) is 23.2 Å². The first-order chi connectivity index (χ1) is 14.2. The van der Waals surface area contributed by atoms with Crippen LogP contribution in [0.5, 0.6) is 0 Å². The summed E-state index contributed by atoms with van der Waals surface area (Å²) in [6.45, 7) is 1.94. The fraction of sp³-hybridized carbons (Fsp3) is 0.200. The third-order valence-corrected chi connectivity index (χ3v) is 5.03. The average molecular weight is 388 g/mol. The van der Waals surface area contributed by atoms with Crippen LogP contribution in [0.15, 0.2) is 55.1 Å². The molecule has 0 bridgehead atoms. The van der Waals surface area contributed by atoms with Crippen LogP contribution < -0.4 is 16.0 Å². The lowest BCUT2D eigenvalue weighted by Crippen LogP contribution is -2.22. The summed E-state index contributed by atoms with van der Waals surface area (Å²) < 4.78 is 3.66. The number of amides is 1. The zero-order valence-corrected chi connectivity index (χ0v) is 15.7. The summed E-state index contributed by atoms with van der Waals surface area (Å²) >= 11 is 0. The van der Waals surface area contributed by atoms with E-state index in [1.807, 2.05) is 39.7 Å². The van der Waals surface area contributed by atoms with Gasteiger partial charge >= 0.3 is 0 Å². The highest BCUT2D eigenvalue weighted by Gasteiger charge is 2.18. The van der Waals surface area contributed by atoms with Crippen molar-refractivity contribution in [3.8, 4) is 5.69 Å². The summed E-state index contributed by atoms with van der Waals surface area (Å²) in [6, 6.07) is 11.0. The van der Waals surface area contributed by atoms with E-state index in [0.717, 1.165) is 37.1 Å². The van der Waals surface area contributed by atoms with Crippen molar-refractivity contribution in [2.24, 2.45) is 5.73 Å². The first kappa shape index (κ1) is 17.2. The number of aromatic nitrogens is 5. The molecule has 4 heterocycles. The molecule has 9 nitrogen and oxygen atoms in total. The van der Waals surface area contributed by atoms with Crippen molar-refractivity contribution in [2.75, 3.05) is 23.3 Å². The summed E-state index contributed by atoms with van der Waals surface area (Å²) in [4.78, 5) is 22.8. The second kappa shape index (κ2) is 6.93. The first-order valence-electron chi connectivity index (χ1n) is 9.49. The number of anilines is 3. The molecule has 1 aliphatic heterocycles. The number of imidazole rings is 1. The van der Waals surface area contributed by atoms with E-state index >= 15 is 0 Å². The minimum Gasteiger partial charge on any atom is -0.366 e. The number of carbonyl (C=O) groups excluding carboxylic acids is 1. The Morgan fingerprint density at radius 3 is 2.83 bits per heavy atom. The number of carbonyl (C=O) groups is 1. The third kappa shape index (κ3) is 3.27. The molecular weight excluding hydrogens is 368 g/mol. The second-order valence-corrected chi connectivity index (χ2v) is 7.00. The van der Waals surface area contributed by atoms with Gasteiger partial charge in [0.05, 0.1) is 6.20 Å². The summed E-state index contributed by atoms with van der Waals surface area (Å²) in [7, 11) is 0. The number of nitrogens with zero attached hydrogens (tertiary/aromatic N) is 6. The van der Waals surface area contributed by atoms with Crippen LogP contribution in [0.25, 0.3) is 11.2 Å². The number of nitrogens with two attached hydrogens (primary N) is 1. The summed E-state index contributed by atoms with van der Waals surface area (Å²) in [5, 5.41) is 7.92. The molecule has 5 rings (SSSR count). The fourth-order valence-corrected chi connectivity index (χ4v) is 3.54. The van der Waals surface area contributed by atoms with E-state index in [-0.39, 0.29) is 0 Å². The summed E-state index contributed by atoms with van der Waals surface area (Å²) in [5.74, 6) is 1.59. The maximum atomic E-state index is 11.4. The fourth-order valence-electron chi connectivity index (χ4n) is 3.54. The van der Waals surface area contributed by atoms with Crippen molar-refractivity contribution < 1.29 is 4.79 Å². The first-order valence-corrected chi connectivity index (χ1v) is 9.49. The Kier molecular flexibility index (Phi) is 4.12.